The van der Waals surface area contributed by atoms with Gasteiger partial charge in [-0.25, -0.2) is 4.98 Å². The zero-order valence-electron chi connectivity index (χ0n) is 17.3. The van der Waals surface area contributed by atoms with Gasteiger partial charge >= 0.3 is 0 Å². The van der Waals surface area contributed by atoms with E-state index in [-0.39, 0.29) is 12.5 Å². The molecule has 4 rings (SSSR count). The van der Waals surface area contributed by atoms with Crippen molar-refractivity contribution >= 4 is 32.6 Å². The number of ether oxygens (including phenoxy) is 1. The minimum Gasteiger partial charge on any atom is -0.484 e. The van der Waals surface area contributed by atoms with Gasteiger partial charge in [-0.05, 0) is 67.8 Å². The SMILES string of the molecule is Cc1cccc(OCC(=O)N(Cc2ccccn2)c2nc3c(C)c(C)ccc3s2)c1. The molecule has 5 nitrogen and oxygen atoms in total. The van der Waals surface area contributed by atoms with Crippen LogP contribution in [0.4, 0.5) is 5.13 Å². The molecule has 6 heteroatoms. The molecular weight excluding hydrogens is 394 g/mol. The molecule has 4 aromatic rings. The fourth-order valence-electron chi connectivity index (χ4n) is 3.17. The van der Waals surface area contributed by atoms with Gasteiger partial charge in [-0.3, -0.25) is 14.7 Å². The summed E-state index contributed by atoms with van der Waals surface area (Å²) in [4.78, 5) is 24.0. The molecule has 2 aromatic carbocycles. The zero-order chi connectivity index (χ0) is 21.1. The zero-order valence-corrected chi connectivity index (χ0v) is 18.1. The number of aromatic nitrogens is 2. The van der Waals surface area contributed by atoms with Crippen LogP contribution >= 0.6 is 11.3 Å². The monoisotopic (exact) mass is 417 g/mol. The van der Waals surface area contributed by atoms with Gasteiger partial charge < -0.3 is 4.74 Å². The van der Waals surface area contributed by atoms with Crippen molar-refractivity contribution in [2.45, 2.75) is 27.3 Å². The summed E-state index contributed by atoms with van der Waals surface area (Å²) in [6, 6.07) is 17.5. The van der Waals surface area contributed by atoms with Crippen molar-refractivity contribution in [3.05, 3.63) is 83.2 Å². The third-order valence-corrected chi connectivity index (χ3v) is 6.05. The van der Waals surface area contributed by atoms with Gasteiger partial charge in [0.25, 0.3) is 5.91 Å². The van der Waals surface area contributed by atoms with Gasteiger partial charge in [0.2, 0.25) is 0 Å². The predicted molar refractivity (Wildman–Crippen MR) is 121 cm³/mol. The summed E-state index contributed by atoms with van der Waals surface area (Å²) in [5.74, 6) is 0.521. The Hall–Kier alpha value is -3.25. The molecule has 0 saturated heterocycles. The average Bonchev–Trinajstić information content (AvgIpc) is 3.18. The molecule has 30 heavy (non-hydrogen) atoms. The summed E-state index contributed by atoms with van der Waals surface area (Å²) in [5.41, 5.74) is 5.14. The summed E-state index contributed by atoms with van der Waals surface area (Å²) in [5, 5.41) is 0.655. The van der Waals surface area contributed by atoms with Crippen LogP contribution in [0, 0.1) is 20.8 Å². The molecule has 1 amide bonds. The molecule has 2 aromatic heterocycles. The standard InChI is InChI=1S/C24H23N3O2S/c1-16-7-6-9-20(13-16)29-15-22(28)27(14-19-8-4-5-12-25-19)24-26-23-18(3)17(2)10-11-21(23)30-24/h4-13H,14-15H2,1-3H3. The van der Waals surface area contributed by atoms with E-state index in [0.717, 1.165) is 27.0 Å². The lowest BCUT2D eigenvalue weighted by atomic mass is 10.1. The van der Waals surface area contributed by atoms with Crippen LogP contribution in [-0.2, 0) is 11.3 Å². The summed E-state index contributed by atoms with van der Waals surface area (Å²) in [6.45, 7) is 6.40. The number of amides is 1. The Morgan fingerprint density at radius 1 is 1.07 bits per heavy atom. The van der Waals surface area contributed by atoms with Crippen molar-refractivity contribution in [2.75, 3.05) is 11.5 Å². The van der Waals surface area contributed by atoms with Crippen molar-refractivity contribution in [3.63, 3.8) is 0 Å². The lowest BCUT2D eigenvalue weighted by Crippen LogP contribution is -2.34. The molecule has 0 bridgehead atoms. The Balaban J connectivity index is 1.64. The third kappa shape index (κ3) is 4.33. The number of hydrogen-bond donors (Lipinski definition) is 0. The Morgan fingerprint density at radius 2 is 1.93 bits per heavy atom. The fraction of sp³-hybridized carbons (Fsp3) is 0.208. The topological polar surface area (TPSA) is 55.3 Å². The molecule has 152 valence electrons. The first kappa shape index (κ1) is 20.0. The van der Waals surface area contributed by atoms with Gasteiger partial charge in [-0.1, -0.05) is 35.6 Å². The largest absolute Gasteiger partial charge is 0.484 e. The van der Waals surface area contributed by atoms with Crippen molar-refractivity contribution in [3.8, 4) is 5.75 Å². The average molecular weight is 418 g/mol. The van der Waals surface area contributed by atoms with Crippen LogP contribution in [0.1, 0.15) is 22.4 Å². The van der Waals surface area contributed by atoms with Gasteiger partial charge in [-0.15, -0.1) is 0 Å². The Bertz CT molecular complexity index is 1190. The van der Waals surface area contributed by atoms with Crippen molar-refractivity contribution < 1.29 is 9.53 Å². The van der Waals surface area contributed by atoms with Crippen molar-refractivity contribution in [1.29, 1.82) is 0 Å². The first-order valence-electron chi connectivity index (χ1n) is 9.78. The van der Waals surface area contributed by atoms with Crippen molar-refractivity contribution in [1.82, 2.24) is 9.97 Å². The van der Waals surface area contributed by atoms with E-state index in [1.54, 1.807) is 11.1 Å². The highest BCUT2D eigenvalue weighted by molar-refractivity contribution is 7.22. The second-order valence-corrected chi connectivity index (χ2v) is 8.27. The predicted octanol–water partition coefficient (Wildman–Crippen LogP) is 5.23. The van der Waals surface area contributed by atoms with Crippen LogP contribution in [0.2, 0.25) is 0 Å². The molecule has 0 saturated carbocycles. The van der Waals surface area contributed by atoms with E-state index in [1.807, 2.05) is 49.4 Å². The molecule has 0 N–H and O–H groups in total. The van der Waals surface area contributed by atoms with Crippen LogP contribution in [0.25, 0.3) is 10.2 Å². The minimum absolute atomic E-state index is 0.0653. The molecule has 0 spiro atoms. The highest BCUT2D eigenvalue weighted by atomic mass is 32.1. The van der Waals surface area contributed by atoms with Gasteiger partial charge in [0.05, 0.1) is 22.5 Å². The first-order valence-corrected chi connectivity index (χ1v) is 10.6. The maximum absolute atomic E-state index is 13.2. The highest BCUT2D eigenvalue weighted by Gasteiger charge is 2.22. The van der Waals surface area contributed by atoms with E-state index in [2.05, 4.69) is 31.0 Å². The lowest BCUT2D eigenvalue weighted by Gasteiger charge is -2.19. The molecule has 0 unspecified atom stereocenters. The maximum atomic E-state index is 13.2. The van der Waals surface area contributed by atoms with E-state index in [9.17, 15) is 4.79 Å². The first-order chi connectivity index (χ1) is 14.5. The van der Waals surface area contributed by atoms with Crippen molar-refractivity contribution in [2.24, 2.45) is 0 Å². The number of carbonyl (C=O) groups is 1. The molecule has 0 atom stereocenters. The molecular formula is C24H23N3O2S. The molecule has 2 heterocycles. The summed E-state index contributed by atoms with van der Waals surface area (Å²) >= 11 is 1.51. The molecule has 0 aliphatic heterocycles. The van der Waals surface area contributed by atoms with Crippen LogP contribution in [0.3, 0.4) is 0 Å². The van der Waals surface area contributed by atoms with Crippen LogP contribution in [-0.4, -0.2) is 22.5 Å². The van der Waals surface area contributed by atoms with Gasteiger partial charge in [0.15, 0.2) is 11.7 Å². The molecule has 0 radical (unpaired) electrons. The van der Waals surface area contributed by atoms with E-state index < -0.39 is 0 Å². The number of carbonyl (C=O) groups excluding carboxylic acids is 1. The number of thiazole rings is 1. The van der Waals surface area contributed by atoms with E-state index >= 15 is 0 Å². The minimum atomic E-state index is -0.157. The molecule has 0 fully saturated rings. The Labute approximate surface area is 180 Å². The van der Waals surface area contributed by atoms with E-state index in [4.69, 9.17) is 9.72 Å². The second-order valence-electron chi connectivity index (χ2n) is 7.26. The summed E-state index contributed by atoms with van der Waals surface area (Å²) in [7, 11) is 0. The van der Waals surface area contributed by atoms with Gasteiger partial charge in [-0.2, -0.15) is 0 Å². The second kappa shape index (κ2) is 8.63. The Morgan fingerprint density at radius 3 is 2.70 bits per heavy atom. The molecule has 0 aliphatic carbocycles. The number of nitrogens with zero attached hydrogens (tertiary/aromatic N) is 3. The number of benzene rings is 2. The van der Waals surface area contributed by atoms with E-state index in [0.29, 0.717) is 17.4 Å². The maximum Gasteiger partial charge on any atom is 0.267 e. The quantitative estimate of drug-likeness (QED) is 0.431. The van der Waals surface area contributed by atoms with Crippen LogP contribution in [0.15, 0.2) is 60.8 Å². The number of anilines is 1. The number of aryl methyl sites for hydroxylation is 3. The number of fused-ring (bicyclic) bond motifs is 1. The Kier molecular flexibility index (Phi) is 5.77. The van der Waals surface area contributed by atoms with Crippen LogP contribution in [0.5, 0.6) is 5.75 Å². The fourth-order valence-corrected chi connectivity index (χ4v) is 4.22. The molecule has 0 aliphatic rings. The smallest absolute Gasteiger partial charge is 0.267 e. The highest BCUT2D eigenvalue weighted by Crippen LogP contribution is 2.32. The lowest BCUT2D eigenvalue weighted by molar-refractivity contribution is -0.120. The van der Waals surface area contributed by atoms with Gasteiger partial charge in [0.1, 0.15) is 5.75 Å². The summed E-state index contributed by atoms with van der Waals surface area (Å²) < 4.78 is 6.83. The van der Waals surface area contributed by atoms with Gasteiger partial charge in [0, 0.05) is 6.20 Å². The number of rotatable bonds is 6. The van der Waals surface area contributed by atoms with Crippen LogP contribution < -0.4 is 9.64 Å². The van der Waals surface area contributed by atoms with E-state index in [1.165, 1.54) is 16.9 Å². The third-order valence-electron chi connectivity index (χ3n) is 5.00. The summed E-state index contributed by atoms with van der Waals surface area (Å²) in [6.07, 6.45) is 1.73. The normalized spacial score (nSPS) is 10.9. The number of hydrogen-bond acceptors (Lipinski definition) is 5. The number of pyridine rings is 1.